The molecular weight excluding hydrogens is 226 g/mol. The standard InChI is InChI=1S/C14H23N3O/c1-3-15-11-12-4-7-16-14(10-12)18-13-5-8-17(2)9-6-13/h4,7,10,13,15H,3,5-6,8-9,11H2,1-2H3. The van der Waals surface area contributed by atoms with E-state index in [1.807, 2.05) is 18.3 Å². The van der Waals surface area contributed by atoms with Gasteiger partial charge in [-0.25, -0.2) is 4.98 Å². The van der Waals surface area contributed by atoms with Crippen molar-refractivity contribution in [1.82, 2.24) is 15.2 Å². The van der Waals surface area contributed by atoms with Gasteiger partial charge in [0, 0.05) is 31.9 Å². The van der Waals surface area contributed by atoms with E-state index in [1.54, 1.807) is 0 Å². The van der Waals surface area contributed by atoms with Gasteiger partial charge in [-0.3, -0.25) is 0 Å². The Morgan fingerprint density at radius 1 is 1.44 bits per heavy atom. The molecule has 4 nitrogen and oxygen atoms in total. The van der Waals surface area contributed by atoms with Gasteiger partial charge in [0.2, 0.25) is 5.88 Å². The molecule has 0 unspecified atom stereocenters. The average Bonchev–Trinajstić information content (AvgIpc) is 2.40. The maximum Gasteiger partial charge on any atom is 0.213 e. The van der Waals surface area contributed by atoms with Crippen molar-refractivity contribution in [2.45, 2.75) is 32.4 Å². The molecule has 2 rings (SSSR count). The number of likely N-dealkylation sites (tertiary alicyclic amines) is 1. The number of piperidine rings is 1. The molecule has 1 aliphatic rings. The molecule has 1 aliphatic heterocycles. The van der Waals surface area contributed by atoms with Crippen LogP contribution < -0.4 is 10.1 Å². The summed E-state index contributed by atoms with van der Waals surface area (Å²) in [6.07, 6.45) is 4.34. The largest absolute Gasteiger partial charge is 0.474 e. The van der Waals surface area contributed by atoms with E-state index in [0.717, 1.165) is 44.9 Å². The second-order valence-corrected chi connectivity index (χ2v) is 4.90. The predicted octanol–water partition coefficient (Wildman–Crippen LogP) is 1.66. The smallest absolute Gasteiger partial charge is 0.213 e. The van der Waals surface area contributed by atoms with Gasteiger partial charge in [-0.2, -0.15) is 0 Å². The molecule has 100 valence electrons. The van der Waals surface area contributed by atoms with Crippen LogP contribution in [0, 0.1) is 0 Å². The summed E-state index contributed by atoms with van der Waals surface area (Å²) in [6, 6.07) is 4.07. The van der Waals surface area contributed by atoms with Crippen molar-refractivity contribution in [3.8, 4) is 5.88 Å². The summed E-state index contributed by atoms with van der Waals surface area (Å²) in [5.74, 6) is 0.764. The van der Waals surface area contributed by atoms with E-state index >= 15 is 0 Å². The zero-order chi connectivity index (χ0) is 12.8. The highest BCUT2D eigenvalue weighted by molar-refractivity contribution is 5.20. The van der Waals surface area contributed by atoms with E-state index < -0.39 is 0 Å². The first-order valence-corrected chi connectivity index (χ1v) is 6.78. The molecule has 0 saturated carbocycles. The van der Waals surface area contributed by atoms with Gasteiger partial charge in [-0.05, 0) is 38.1 Å². The summed E-state index contributed by atoms with van der Waals surface area (Å²) in [7, 11) is 2.16. The van der Waals surface area contributed by atoms with E-state index in [4.69, 9.17) is 4.74 Å². The van der Waals surface area contributed by atoms with E-state index in [1.165, 1.54) is 5.56 Å². The summed E-state index contributed by atoms with van der Waals surface area (Å²) in [6.45, 7) is 6.19. The van der Waals surface area contributed by atoms with Crippen LogP contribution in [-0.2, 0) is 6.54 Å². The fourth-order valence-corrected chi connectivity index (χ4v) is 2.17. The van der Waals surface area contributed by atoms with Crippen molar-refractivity contribution in [1.29, 1.82) is 0 Å². The number of rotatable bonds is 5. The Bertz CT molecular complexity index is 362. The minimum atomic E-state index is 0.322. The monoisotopic (exact) mass is 249 g/mol. The summed E-state index contributed by atoms with van der Waals surface area (Å²) in [5, 5.41) is 3.31. The third kappa shape index (κ3) is 3.96. The molecular formula is C14H23N3O. The number of nitrogens with one attached hydrogen (secondary N) is 1. The Kier molecular flexibility index (Phi) is 4.96. The summed E-state index contributed by atoms with van der Waals surface area (Å²) in [4.78, 5) is 6.64. The molecule has 1 saturated heterocycles. The average molecular weight is 249 g/mol. The second kappa shape index (κ2) is 6.71. The fraction of sp³-hybridized carbons (Fsp3) is 0.643. The Hall–Kier alpha value is -1.13. The van der Waals surface area contributed by atoms with Gasteiger partial charge in [0.25, 0.3) is 0 Å². The predicted molar refractivity (Wildman–Crippen MR) is 72.8 cm³/mol. The molecule has 0 amide bonds. The van der Waals surface area contributed by atoms with Gasteiger partial charge in [0.1, 0.15) is 6.10 Å². The van der Waals surface area contributed by atoms with Crippen LogP contribution in [0.2, 0.25) is 0 Å². The van der Waals surface area contributed by atoms with Crippen LogP contribution in [0.15, 0.2) is 18.3 Å². The molecule has 1 aromatic rings. The lowest BCUT2D eigenvalue weighted by molar-refractivity contribution is 0.110. The molecule has 0 aromatic carbocycles. The van der Waals surface area contributed by atoms with Crippen molar-refractivity contribution < 1.29 is 4.74 Å². The molecule has 0 atom stereocenters. The summed E-state index contributed by atoms with van der Waals surface area (Å²) >= 11 is 0. The third-order valence-electron chi connectivity index (χ3n) is 3.33. The van der Waals surface area contributed by atoms with E-state index in [9.17, 15) is 0 Å². The topological polar surface area (TPSA) is 37.4 Å². The molecule has 0 spiro atoms. The number of aromatic nitrogens is 1. The van der Waals surface area contributed by atoms with Crippen LogP contribution in [0.5, 0.6) is 5.88 Å². The number of ether oxygens (including phenoxy) is 1. The maximum absolute atomic E-state index is 5.96. The minimum Gasteiger partial charge on any atom is -0.474 e. The molecule has 2 heterocycles. The summed E-state index contributed by atoms with van der Waals surface area (Å²) < 4.78 is 5.96. The second-order valence-electron chi connectivity index (χ2n) is 4.90. The zero-order valence-corrected chi connectivity index (χ0v) is 11.4. The van der Waals surface area contributed by atoms with Gasteiger partial charge in [-0.1, -0.05) is 6.92 Å². The van der Waals surface area contributed by atoms with Crippen LogP contribution >= 0.6 is 0 Å². The van der Waals surface area contributed by atoms with E-state index in [0.29, 0.717) is 6.10 Å². The molecule has 0 bridgehead atoms. The maximum atomic E-state index is 5.96. The quantitative estimate of drug-likeness (QED) is 0.861. The lowest BCUT2D eigenvalue weighted by atomic mass is 10.1. The molecule has 1 fully saturated rings. The van der Waals surface area contributed by atoms with E-state index in [-0.39, 0.29) is 0 Å². The van der Waals surface area contributed by atoms with Gasteiger partial charge in [0.05, 0.1) is 0 Å². The first-order chi connectivity index (χ1) is 8.78. The molecule has 1 N–H and O–H groups in total. The molecule has 4 heteroatoms. The minimum absolute atomic E-state index is 0.322. The zero-order valence-electron chi connectivity index (χ0n) is 11.4. The van der Waals surface area contributed by atoms with Crippen LogP contribution in [0.1, 0.15) is 25.3 Å². The van der Waals surface area contributed by atoms with Gasteiger partial charge in [-0.15, -0.1) is 0 Å². The normalized spacial score (nSPS) is 17.9. The third-order valence-corrected chi connectivity index (χ3v) is 3.33. The van der Waals surface area contributed by atoms with Crippen molar-refractivity contribution in [2.24, 2.45) is 0 Å². The first kappa shape index (κ1) is 13.3. The highest BCUT2D eigenvalue weighted by Gasteiger charge is 2.18. The van der Waals surface area contributed by atoms with Crippen molar-refractivity contribution in [2.75, 3.05) is 26.7 Å². The van der Waals surface area contributed by atoms with Crippen molar-refractivity contribution in [3.05, 3.63) is 23.9 Å². The lowest BCUT2D eigenvalue weighted by Gasteiger charge is -2.28. The highest BCUT2D eigenvalue weighted by atomic mass is 16.5. The number of hydrogen-bond donors (Lipinski definition) is 1. The highest BCUT2D eigenvalue weighted by Crippen LogP contribution is 2.17. The molecule has 0 radical (unpaired) electrons. The van der Waals surface area contributed by atoms with E-state index in [2.05, 4.69) is 29.2 Å². The van der Waals surface area contributed by atoms with Gasteiger partial charge >= 0.3 is 0 Å². The lowest BCUT2D eigenvalue weighted by Crippen LogP contribution is -2.35. The Morgan fingerprint density at radius 2 is 2.22 bits per heavy atom. The number of nitrogens with zero attached hydrogens (tertiary/aromatic N) is 2. The summed E-state index contributed by atoms with van der Waals surface area (Å²) in [5.41, 5.74) is 1.23. The first-order valence-electron chi connectivity index (χ1n) is 6.78. The van der Waals surface area contributed by atoms with Gasteiger partial charge < -0.3 is 15.0 Å². The van der Waals surface area contributed by atoms with Crippen molar-refractivity contribution in [3.63, 3.8) is 0 Å². The molecule has 0 aliphatic carbocycles. The van der Waals surface area contributed by atoms with Crippen LogP contribution in [0.3, 0.4) is 0 Å². The fourth-order valence-electron chi connectivity index (χ4n) is 2.17. The Labute approximate surface area is 109 Å². The Morgan fingerprint density at radius 3 is 2.94 bits per heavy atom. The molecule has 18 heavy (non-hydrogen) atoms. The van der Waals surface area contributed by atoms with Crippen LogP contribution in [0.25, 0.3) is 0 Å². The van der Waals surface area contributed by atoms with Crippen molar-refractivity contribution >= 4 is 0 Å². The van der Waals surface area contributed by atoms with Gasteiger partial charge in [0.15, 0.2) is 0 Å². The molecule has 1 aromatic heterocycles. The SMILES string of the molecule is CCNCc1ccnc(OC2CCN(C)CC2)c1. The number of hydrogen-bond acceptors (Lipinski definition) is 4. The van der Waals surface area contributed by atoms with Crippen LogP contribution in [-0.4, -0.2) is 42.7 Å². The Balaban J connectivity index is 1.88. The van der Waals surface area contributed by atoms with Crippen LogP contribution in [0.4, 0.5) is 0 Å². The number of pyridine rings is 1.